The average Bonchev–Trinajstić information content (AvgIpc) is 3.12. The Bertz CT molecular complexity index is 1160. The second kappa shape index (κ2) is 7.20. The molecule has 4 rings (SSSR count). The van der Waals surface area contributed by atoms with Gasteiger partial charge in [0.05, 0.1) is 5.69 Å². The van der Waals surface area contributed by atoms with Crippen LogP contribution in [-0.4, -0.2) is 20.1 Å². The van der Waals surface area contributed by atoms with Gasteiger partial charge in [-0.25, -0.2) is 4.52 Å². The lowest BCUT2D eigenvalue weighted by Crippen LogP contribution is -2.28. The number of amides is 1. The van der Waals surface area contributed by atoms with Gasteiger partial charge in [-0.2, -0.15) is 5.10 Å². The highest BCUT2D eigenvalue weighted by molar-refractivity contribution is 9.10. The Balaban J connectivity index is 1.59. The summed E-state index contributed by atoms with van der Waals surface area (Å²) in [5, 5.41) is 7.22. The predicted molar refractivity (Wildman–Crippen MR) is 108 cm³/mol. The fourth-order valence-electron chi connectivity index (χ4n) is 2.79. The number of carbonyl (C=O) groups excluding carboxylic acids is 1. The minimum Gasteiger partial charge on any atom is -0.325 e. The summed E-state index contributed by atoms with van der Waals surface area (Å²) < 4.78 is 3.84. The van der Waals surface area contributed by atoms with Gasteiger partial charge in [0.25, 0.3) is 5.56 Å². The second-order valence-electron chi connectivity index (χ2n) is 6.01. The molecule has 27 heavy (non-hydrogen) atoms. The molecule has 6 nitrogen and oxygen atoms in total. The minimum absolute atomic E-state index is 0.0722. The molecule has 7 heteroatoms. The number of rotatable bonds is 4. The Labute approximate surface area is 163 Å². The maximum absolute atomic E-state index is 12.7. The summed E-state index contributed by atoms with van der Waals surface area (Å²) in [6.07, 6.45) is 3.24. The zero-order chi connectivity index (χ0) is 18.8. The van der Waals surface area contributed by atoms with Gasteiger partial charge >= 0.3 is 0 Å². The molecule has 0 saturated heterocycles. The number of benzene rings is 2. The topological polar surface area (TPSA) is 68.4 Å². The molecule has 0 spiro atoms. The number of halogens is 1. The van der Waals surface area contributed by atoms with E-state index in [4.69, 9.17) is 0 Å². The van der Waals surface area contributed by atoms with E-state index in [9.17, 15) is 9.59 Å². The third-order valence-electron chi connectivity index (χ3n) is 4.12. The Morgan fingerprint density at radius 1 is 1.04 bits per heavy atom. The third-order valence-corrected chi connectivity index (χ3v) is 4.64. The average molecular weight is 423 g/mol. The molecule has 2 aromatic heterocycles. The molecule has 2 heterocycles. The van der Waals surface area contributed by atoms with Gasteiger partial charge in [0.15, 0.2) is 0 Å². The second-order valence-corrected chi connectivity index (χ2v) is 6.93. The van der Waals surface area contributed by atoms with E-state index in [1.807, 2.05) is 42.5 Å². The number of hydrogen-bond acceptors (Lipinski definition) is 3. The van der Waals surface area contributed by atoms with Crippen LogP contribution in [0.2, 0.25) is 0 Å². The molecule has 1 amide bonds. The van der Waals surface area contributed by atoms with Crippen LogP contribution in [0, 0.1) is 0 Å². The Morgan fingerprint density at radius 3 is 2.52 bits per heavy atom. The smallest absolute Gasteiger partial charge is 0.277 e. The van der Waals surface area contributed by atoms with Crippen molar-refractivity contribution in [3.05, 3.63) is 87.9 Å². The van der Waals surface area contributed by atoms with Gasteiger partial charge in [-0.05, 0) is 30.3 Å². The molecule has 0 aliphatic rings. The lowest BCUT2D eigenvalue weighted by molar-refractivity contribution is -0.116. The van der Waals surface area contributed by atoms with Gasteiger partial charge in [-0.15, -0.1) is 0 Å². The van der Waals surface area contributed by atoms with Crippen LogP contribution in [0.3, 0.4) is 0 Å². The maximum Gasteiger partial charge on any atom is 0.277 e. The molecular weight excluding hydrogens is 408 g/mol. The van der Waals surface area contributed by atoms with Crippen molar-refractivity contribution in [2.24, 2.45) is 0 Å². The van der Waals surface area contributed by atoms with Crippen LogP contribution in [0.1, 0.15) is 0 Å². The van der Waals surface area contributed by atoms with E-state index < -0.39 is 0 Å². The Kier molecular flexibility index (Phi) is 4.60. The van der Waals surface area contributed by atoms with Crippen molar-refractivity contribution in [3.63, 3.8) is 0 Å². The molecule has 134 valence electrons. The van der Waals surface area contributed by atoms with Gasteiger partial charge in [0.1, 0.15) is 12.1 Å². The van der Waals surface area contributed by atoms with Gasteiger partial charge in [0, 0.05) is 28.1 Å². The van der Waals surface area contributed by atoms with E-state index in [2.05, 4.69) is 26.3 Å². The van der Waals surface area contributed by atoms with Crippen molar-refractivity contribution in [1.82, 2.24) is 14.2 Å². The molecule has 0 aliphatic carbocycles. The molecule has 0 atom stereocenters. The van der Waals surface area contributed by atoms with Crippen molar-refractivity contribution in [1.29, 1.82) is 0 Å². The SMILES string of the molecule is O=C(Cn1ccn2nc(-c3ccccc3)cc2c1=O)Nc1ccc(Br)cc1. The van der Waals surface area contributed by atoms with Crippen LogP contribution >= 0.6 is 15.9 Å². The van der Waals surface area contributed by atoms with Crippen LogP contribution in [0.4, 0.5) is 5.69 Å². The zero-order valence-corrected chi connectivity index (χ0v) is 15.8. The van der Waals surface area contributed by atoms with E-state index in [-0.39, 0.29) is 18.0 Å². The molecule has 0 saturated carbocycles. The van der Waals surface area contributed by atoms with Crippen molar-refractivity contribution >= 4 is 33.0 Å². The number of fused-ring (bicyclic) bond motifs is 1. The van der Waals surface area contributed by atoms with Gasteiger partial charge in [-0.3, -0.25) is 9.59 Å². The van der Waals surface area contributed by atoms with E-state index in [1.165, 1.54) is 9.08 Å². The highest BCUT2D eigenvalue weighted by Crippen LogP contribution is 2.18. The third kappa shape index (κ3) is 3.68. The predicted octanol–water partition coefficient (Wildman–Crippen LogP) is 3.56. The number of nitrogens with zero attached hydrogens (tertiary/aromatic N) is 3. The van der Waals surface area contributed by atoms with Crippen LogP contribution in [0.5, 0.6) is 0 Å². The summed E-state index contributed by atoms with van der Waals surface area (Å²) in [5.41, 5.74) is 2.48. The van der Waals surface area contributed by atoms with Crippen LogP contribution < -0.4 is 10.9 Å². The van der Waals surface area contributed by atoms with Gasteiger partial charge in [-0.1, -0.05) is 46.3 Å². The molecular formula is C20H15BrN4O2. The van der Waals surface area contributed by atoms with Gasteiger partial charge < -0.3 is 9.88 Å². The lowest BCUT2D eigenvalue weighted by atomic mass is 10.1. The number of anilines is 1. The molecule has 2 aromatic carbocycles. The van der Waals surface area contributed by atoms with E-state index >= 15 is 0 Å². The first kappa shape index (κ1) is 17.2. The molecule has 0 bridgehead atoms. The first-order valence-electron chi connectivity index (χ1n) is 8.30. The molecule has 1 N–H and O–H groups in total. The highest BCUT2D eigenvalue weighted by atomic mass is 79.9. The number of carbonyl (C=O) groups is 1. The van der Waals surface area contributed by atoms with Crippen molar-refractivity contribution in [2.45, 2.75) is 6.54 Å². The molecule has 0 aliphatic heterocycles. The first-order valence-corrected chi connectivity index (χ1v) is 9.09. The van der Waals surface area contributed by atoms with Crippen LogP contribution in [-0.2, 0) is 11.3 Å². The van der Waals surface area contributed by atoms with E-state index in [0.717, 1.165) is 10.0 Å². The monoisotopic (exact) mass is 422 g/mol. The summed E-state index contributed by atoms with van der Waals surface area (Å²) >= 11 is 3.35. The fraction of sp³-hybridized carbons (Fsp3) is 0.0500. The quantitative estimate of drug-likeness (QED) is 0.546. The normalized spacial score (nSPS) is 10.9. The summed E-state index contributed by atoms with van der Waals surface area (Å²) in [5.74, 6) is -0.272. The molecule has 0 radical (unpaired) electrons. The number of aromatic nitrogens is 3. The molecule has 4 aromatic rings. The van der Waals surface area contributed by atoms with Crippen LogP contribution in [0.15, 0.2) is 82.3 Å². The van der Waals surface area contributed by atoms with E-state index in [0.29, 0.717) is 16.9 Å². The maximum atomic E-state index is 12.7. The lowest BCUT2D eigenvalue weighted by Gasteiger charge is -2.07. The van der Waals surface area contributed by atoms with Gasteiger partial charge in [0.2, 0.25) is 5.91 Å². The molecule has 0 fully saturated rings. The highest BCUT2D eigenvalue weighted by Gasteiger charge is 2.11. The largest absolute Gasteiger partial charge is 0.325 e. The molecule has 0 unspecified atom stereocenters. The van der Waals surface area contributed by atoms with E-state index in [1.54, 1.807) is 30.6 Å². The zero-order valence-electron chi connectivity index (χ0n) is 14.2. The Hall–Kier alpha value is -3.19. The Morgan fingerprint density at radius 2 is 1.78 bits per heavy atom. The first-order chi connectivity index (χ1) is 13.1. The van der Waals surface area contributed by atoms with Crippen LogP contribution in [0.25, 0.3) is 16.8 Å². The summed E-state index contributed by atoms with van der Waals surface area (Å²) in [4.78, 5) is 25.0. The number of nitrogens with one attached hydrogen (secondary N) is 1. The minimum atomic E-state index is -0.272. The summed E-state index contributed by atoms with van der Waals surface area (Å²) in [7, 11) is 0. The van der Waals surface area contributed by atoms with Crippen molar-refractivity contribution in [2.75, 3.05) is 5.32 Å². The van der Waals surface area contributed by atoms with Crippen molar-refractivity contribution in [3.8, 4) is 11.3 Å². The standard InChI is InChI=1S/C20H15BrN4O2/c21-15-6-8-16(9-7-15)22-19(26)13-24-10-11-25-18(20(24)27)12-17(23-25)14-4-2-1-3-5-14/h1-12H,13H2,(H,22,26). The fourth-order valence-corrected chi connectivity index (χ4v) is 3.05. The number of hydrogen-bond donors (Lipinski definition) is 1. The van der Waals surface area contributed by atoms with Crippen molar-refractivity contribution < 1.29 is 4.79 Å². The summed E-state index contributed by atoms with van der Waals surface area (Å²) in [6, 6.07) is 18.6. The summed E-state index contributed by atoms with van der Waals surface area (Å²) in [6.45, 7) is -0.0722.